The van der Waals surface area contributed by atoms with E-state index in [4.69, 9.17) is 4.52 Å². The third-order valence-corrected chi connectivity index (χ3v) is 6.69. The van der Waals surface area contributed by atoms with Gasteiger partial charge in [-0.15, -0.1) is 0 Å². The molecule has 2 aliphatic carbocycles. The van der Waals surface area contributed by atoms with Crippen molar-refractivity contribution in [2.75, 3.05) is 6.26 Å². The zero-order chi connectivity index (χ0) is 17.4. The summed E-state index contributed by atoms with van der Waals surface area (Å²) in [7, 11) is -3.36. The van der Waals surface area contributed by atoms with Gasteiger partial charge in [0.15, 0.2) is 14.9 Å². The molecule has 0 radical (unpaired) electrons. The summed E-state index contributed by atoms with van der Waals surface area (Å²) in [6.07, 6.45) is 11.5. The van der Waals surface area contributed by atoms with Crippen molar-refractivity contribution in [1.82, 2.24) is 15.1 Å². The van der Waals surface area contributed by atoms with Crippen LogP contribution in [0.4, 0.5) is 0 Å². The van der Waals surface area contributed by atoms with E-state index in [1.807, 2.05) is 0 Å². The van der Waals surface area contributed by atoms with Crippen LogP contribution in [-0.2, 0) is 9.84 Å². The molecule has 3 unspecified atom stereocenters. The van der Waals surface area contributed by atoms with E-state index in [2.05, 4.69) is 15.1 Å². The van der Waals surface area contributed by atoms with Gasteiger partial charge in [-0.05, 0) is 43.2 Å². The molecular formula is C18H23N3O3S. The average Bonchev–Trinajstić information content (AvgIpc) is 3.11. The number of nitrogens with zero attached hydrogens (tertiary/aromatic N) is 3. The molecule has 134 valence electrons. The van der Waals surface area contributed by atoms with Gasteiger partial charge >= 0.3 is 0 Å². The molecule has 6 nitrogen and oxygen atoms in total. The van der Waals surface area contributed by atoms with Crippen LogP contribution in [0.5, 0.6) is 0 Å². The molecule has 25 heavy (non-hydrogen) atoms. The van der Waals surface area contributed by atoms with E-state index >= 15 is 0 Å². The number of pyridine rings is 1. The lowest BCUT2D eigenvalue weighted by Crippen LogP contribution is -2.26. The van der Waals surface area contributed by atoms with Gasteiger partial charge in [-0.2, -0.15) is 4.98 Å². The Morgan fingerprint density at radius 1 is 1.12 bits per heavy atom. The average molecular weight is 361 g/mol. The van der Waals surface area contributed by atoms with Crippen LogP contribution >= 0.6 is 0 Å². The maximum Gasteiger partial charge on any atom is 0.230 e. The minimum absolute atomic E-state index is 0.0269. The fourth-order valence-corrected chi connectivity index (χ4v) is 4.96. The Labute approximate surface area is 148 Å². The molecule has 0 amide bonds. The topological polar surface area (TPSA) is 86.0 Å². The summed E-state index contributed by atoms with van der Waals surface area (Å²) in [4.78, 5) is 8.47. The second kappa shape index (κ2) is 6.52. The van der Waals surface area contributed by atoms with Gasteiger partial charge in [0.1, 0.15) is 0 Å². The summed E-state index contributed by atoms with van der Waals surface area (Å²) in [6.45, 7) is 0. The molecule has 2 heterocycles. The number of sulfone groups is 1. The molecule has 0 N–H and O–H groups in total. The van der Waals surface area contributed by atoms with Crippen LogP contribution in [0.2, 0.25) is 0 Å². The zero-order valence-corrected chi connectivity index (χ0v) is 15.2. The standard InChI is InChI=1S/C18H23N3O3S/c1-25(22,23)16-11-14(8-9-19-16)17-20-18(24-21-17)15-7-6-12-4-2-3-5-13(12)10-15/h8-9,11-13,15H,2-7,10H2,1H3. The van der Waals surface area contributed by atoms with Crippen molar-refractivity contribution in [3.63, 3.8) is 0 Å². The van der Waals surface area contributed by atoms with E-state index in [1.54, 1.807) is 6.07 Å². The Balaban J connectivity index is 1.55. The van der Waals surface area contributed by atoms with Gasteiger partial charge in [-0.1, -0.05) is 30.8 Å². The van der Waals surface area contributed by atoms with Crippen LogP contribution in [-0.4, -0.2) is 29.8 Å². The first-order valence-electron chi connectivity index (χ1n) is 9.01. The quantitative estimate of drug-likeness (QED) is 0.830. The fourth-order valence-electron chi connectivity index (χ4n) is 4.37. The second-order valence-electron chi connectivity index (χ2n) is 7.43. The first-order chi connectivity index (χ1) is 12.0. The van der Waals surface area contributed by atoms with Crippen LogP contribution in [0, 0.1) is 11.8 Å². The van der Waals surface area contributed by atoms with E-state index in [1.165, 1.54) is 44.4 Å². The van der Waals surface area contributed by atoms with Crippen LogP contribution in [0.3, 0.4) is 0 Å². The molecule has 0 aliphatic heterocycles. The maximum atomic E-state index is 11.7. The molecule has 4 rings (SSSR count). The Bertz CT molecular complexity index is 862. The Kier molecular flexibility index (Phi) is 4.35. The molecule has 0 spiro atoms. The van der Waals surface area contributed by atoms with Gasteiger partial charge in [0.25, 0.3) is 0 Å². The van der Waals surface area contributed by atoms with Gasteiger partial charge in [0.2, 0.25) is 11.7 Å². The molecule has 2 aromatic heterocycles. The van der Waals surface area contributed by atoms with Gasteiger partial charge in [-0.3, -0.25) is 0 Å². The van der Waals surface area contributed by atoms with Gasteiger partial charge < -0.3 is 4.52 Å². The summed E-state index contributed by atoms with van der Waals surface area (Å²) in [5.41, 5.74) is 0.622. The van der Waals surface area contributed by atoms with E-state index in [0.29, 0.717) is 23.2 Å². The third kappa shape index (κ3) is 3.47. The van der Waals surface area contributed by atoms with Gasteiger partial charge in [-0.25, -0.2) is 13.4 Å². The summed E-state index contributed by atoms with van der Waals surface area (Å²) >= 11 is 0. The predicted molar refractivity (Wildman–Crippen MR) is 92.7 cm³/mol. The van der Waals surface area contributed by atoms with Crippen LogP contribution in [0.15, 0.2) is 27.9 Å². The molecule has 0 aromatic carbocycles. The molecule has 2 aliphatic rings. The number of hydrogen-bond donors (Lipinski definition) is 0. The molecule has 0 bridgehead atoms. The Morgan fingerprint density at radius 2 is 1.92 bits per heavy atom. The molecule has 7 heteroatoms. The molecule has 2 aromatic rings. The highest BCUT2D eigenvalue weighted by atomic mass is 32.2. The first kappa shape index (κ1) is 16.7. The number of rotatable bonds is 3. The minimum Gasteiger partial charge on any atom is -0.339 e. The molecule has 2 fully saturated rings. The van der Waals surface area contributed by atoms with Crippen LogP contribution < -0.4 is 0 Å². The summed E-state index contributed by atoms with van der Waals surface area (Å²) in [5.74, 6) is 3.13. The predicted octanol–water partition coefficient (Wildman–Crippen LogP) is 3.61. The Hall–Kier alpha value is -1.76. The molecule has 3 atom stereocenters. The van der Waals surface area contributed by atoms with Crippen LogP contribution in [0.1, 0.15) is 56.8 Å². The molecule has 2 saturated carbocycles. The van der Waals surface area contributed by atoms with E-state index in [-0.39, 0.29) is 5.03 Å². The van der Waals surface area contributed by atoms with Crippen molar-refractivity contribution >= 4 is 9.84 Å². The van der Waals surface area contributed by atoms with Crippen molar-refractivity contribution in [2.24, 2.45) is 11.8 Å². The monoisotopic (exact) mass is 361 g/mol. The van der Waals surface area contributed by atoms with E-state index < -0.39 is 9.84 Å². The van der Waals surface area contributed by atoms with Gasteiger partial charge in [0, 0.05) is 23.9 Å². The van der Waals surface area contributed by atoms with Crippen molar-refractivity contribution in [1.29, 1.82) is 0 Å². The first-order valence-corrected chi connectivity index (χ1v) is 10.9. The van der Waals surface area contributed by atoms with Crippen molar-refractivity contribution < 1.29 is 12.9 Å². The highest BCUT2D eigenvalue weighted by Crippen LogP contribution is 2.45. The summed E-state index contributed by atoms with van der Waals surface area (Å²) in [5, 5.41) is 4.11. The van der Waals surface area contributed by atoms with E-state index in [0.717, 1.165) is 30.9 Å². The summed E-state index contributed by atoms with van der Waals surface area (Å²) in [6, 6.07) is 3.21. The Morgan fingerprint density at radius 3 is 2.72 bits per heavy atom. The lowest BCUT2D eigenvalue weighted by molar-refractivity contribution is 0.142. The number of hydrogen-bond acceptors (Lipinski definition) is 6. The number of aromatic nitrogens is 3. The second-order valence-corrected chi connectivity index (χ2v) is 9.39. The van der Waals surface area contributed by atoms with Gasteiger partial charge in [0.05, 0.1) is 0 Å². The third-order valence-electron chi connectivity index (χ3n) is 5.70. The number of fused-ring (bicyclic) bond motifs is 1. The maximum absolute atomic E-state index is 11.7. The fraction of sp³-hybridized carbons (Fsp3) is 0.611. The smallest absolute Gasteiger partial charge is 0.230 e. The molecule has 0 saturated heterocycles. The van der Waals surface area contributed by atoms with Crippen molar-refractivity contribution in [3.8, 4) is 11.4 Å². The normalized spacial score (nSPS) is 27.0. The lowest BCUT2D eigenvalue weighted by atomic mass is 9.67. The largest absolute Gasteiger partial charge is 0.339 e. The summed E-state index contributed by atoms with van der Waals surface area (Å²) < 4.78 is 28.9. The molecular weight excluding hydrogens is 338 g/mol. The van der Waals surface area contributed by atoms with Crippen LogP contribution in [0.25, 0.3) is 11.4 Å². The van der Waals surface area contributed by atoms with Crippen molar-refractivity contribution in [3.05, 3.63) is 24.2 Å². The van der Waals surface area contributed by atoms with Crippen molar-refractivity contribution in [2.45, 2.75) is 55.9 Å². The highest BCUT2D eigenvalue weighted by Gasteiger charge is 2.35. The highest BCUT2D eigenvalue weighted by molar-refractivity contribution is 7.90. The SMILES string of the molecule is CS(=O)(=O)c1cc(-c2noc(C3CCC4CCCCC4C3)n2)ccn1. The zero-order valence-electron chi connectivity index (χ0n) is 14.4. The van der Waals surface area contributed by atoms with E-state index in [9.17, 15) is 8.42 Å². The lowest BCUT2D eigenvalue weighted by Gasteiger charge is -2.38. The minimum atomic E-state index is -3.36.